The molecule has 2 rings (SSSR count). The third-order valence-corrected chi connectivity index (χ3v) is 2.98. The van der Waals surface area contributed by atoms with E-state index in [0.717, 1.165) is 5.56 Å². The molecule has 19 heavy (non-hydrogen) atoms. The fourth-order valence-corrected chi connectivity index (χ4v) is 2.02. The molecule has 0 saturated heterocycles. The molecule has 0 atom stereocenters. The lowest BCUT2D eigenvalue weighted by molar-refractivity contribution is 0.274. The zero-order chi connectivity index (χ0) is 13.7. The predicted molar refractivity (Wildman–Crippen MR) is 74.7 cm³/mol. The van der Waals surface area contributed by atoms with Crippen LogP contribution in [0.1, 0.15) is 11.1 Å². The number of aliphatic hydroxyl groups excluding tert-OH is 1. The van der Waals surface area contributed by atoms with E-state index in [2.05, 4.69) is 0 Å². The van der Waals surface area contributed by atoms with Crippen LogP contribution in [0.15, 0.2) is 42.5 Å². The third kappa shape index (κ3) is 3.40. The van der Waals surface area contributed by atoms with Gasteiger partial charge in [0.1, 0.15) is 6.61 Å². The Morgan fingerprint density at radius 2 is 1.84 bits per heavy atom. The molecule has 4 heteroatoms. The van der Waals surface area contributed by atoms with Gasteiger partial charge in [0.15, 0.2) is 11.5 Å². The molecule has 0 saturated carbocycles. The maximum atomic E-state index is 9.13. The highest BCUT2D eigenvalue weighted by Crippen LogP contribution is 2.36. The van der Waals surface area contributed by atoms with Gasteiger partial charge < -0.3 is 14.6 Å². The highest BCUT2D eigenvalue weighted by molar-refractivity contribution is 6.32. The molecule has 2 aromatic rings. The molecular formula is C15H15ClO3. The van der Waals surface area contributed by atoms with Crippen LogP contribution >= 0.6 is 11.6 Å². The summed E-state index contributed by atoms with van der Waals surface area (Å²) in [6.45, 7) is 0.324. The molecule has 100 valence electrons. The van der Waals surface area contributed by atoms with Gasteiger partial charge in [-0.15, -0.1) is 0 Å². The van der Waals surface area contributed by atoms with Crippen molar-refractivity contribution in [2.75, 3.05) is 7.11 Å². The zero-order valence-corrected chi connectivity index (χ0v) is 11.4. The number of rotatable bonds is 5. The van der Waals surface area contributed by atoms with Crippen molar-refractivity contribution >= 4 is 11.6 Å². The van der Waals surface area contributed by atoms with Gasteiger partial charge in [-0.05, 0) is 23.3 Å². The lowest BCUT2D eigenvalue weighted by Crippen LogP contribution is -1.99. The molecule has 0 bridgehead atoms. The molecule has 0 aromatic heterocycles. The molecule has 0 fully saturated rings. The number of hydrogen-bond donors (Lipinski definition) is 1. The first-order valence-electron chi connectivity index (χ1n) is 5.88. The smallest absolute Gasteiger partial charge is 0.180 e. The van der Waals surface area contributed by atoms with E-state index in [9.17, 15) is 0 Å². The summed E-state index contributed by atoms with van der Waals surface area (Å²) in [5.41, 5.74) is 1.74. The van der Waals surface area contributed by atoms with Gasteiger partial charge in [-0.2, -0.15) is 0 Å². The number of benzene rings is 2. The first-order valence-corrected chi connectivity index (χ1v) is 6.26. The highest BCUT2D eigenvalue weighted by Gasteiger charge is 2.11. The van der Waals surface area contributed by atoms with Crippen LogP contribution in [0, 0.1) is 0 Å². The summed E-state index contributed by atoms with van der Waals surface area (Å²) in [6.07, 6.45) is 0. The SMILES string of the molecule is COc1cc(CO)cc(Cl)c1OCc1ccccc1. The molecule has 0 aliphatic heterocycles. The van der Waals surface area contributed by atoms with Crippen LogP contribution in [-0.4, -0.2) is 12.2 Å². The summed E-state index contributed by atoms with van der Waals surface area (Å²) in [5.74, 6) is 1.01. The minimum atomic E-state index is -0.0882. The van der Waals surface area contributed by atoms with Crippen molar-refractivity contribution in [3.05, 3.63) is 58.6 Å². The maximum Gasteiger partial charge on any atom is 0.180 e. The van der Waals surface area contributed by atoms with E-state index in [1.165, 1.54) is 0 Å². The second-order valence-electron chi connectivity index (χ2n) is 4.04. The molecule has 0 radical (unpaired) electrons. The minimum Gasteiger partial charge on any atom is -0.493 e. The summed E-state index contributed by atoms with van der Waals surface area (Å²) >= 11 is 6.14. The topological polar surface area (TPSA) is 38.7 Å². The summed E-state index contributed by atoms with van der Waals surface area (Å²) in [5, 5.41) is 9.56. The van der Waals surface area contributed by atoms with E-state index in [0.29, 0.717) is 28.7 Å². The van der Waals surface area contributed by atoms with Gasteiger partial charge in [-0.25, -0.2) is 0 Å². The predicted octanol–water partition coefficient (Wildman–Crippen LogP) is 3.42. The van der Waals surface area contributed by atoms with Crippen LogP contribution in [0.2, 0.25) is 5.02 Å². The molecular weight excluding hydrogens is 264 g/mol. The monoisotopic (exact) mass is 278 g/mol. The van der Waals surface area contributed by atoms with Gasteiger partial charge >= 0.3 is 0 Å². The normalized spacial score (nSPS) is 10.3. The van der Waals surface area contributed by atoms with Crippen LogP contribution < -0.4 is 9.47 Å². The number of aliphatic hydroxyl groups is 1. The van der Waals surface area contributed by atoms with E-state index < -0.39 is 0 Å². The Morgan fingerprint density at radius 1 is 1.11 bits per heavy atom. The molecule has 0 amide bonds. The van der Waals surface area contributed by atoms with Crippen LogP contribution in [-0.2, 0) is 13.2 Å². The van der Waals surface area contributed by atoms with Crippen LogP contribution in [0.5, 0.6) is 11.5 Å². The van der Waals surface area contributed by atoms with Gasteiger partial charge in [0.2, 0.25) is 0 Å². The largest absolute Gasteiger partial charge is 0.493 e. The quantitative estimate of drug-likeness (QED) is 0.911. The Balaban J connectivity index is 2.20. The number of hydrogen-bond acceptors (Lipinski definition) is 3. The van der Waals surface area contributed by atoms with Crippen molar-refractivity contribution in [2.24, 2.45) is 0 Å². The number of ether oxygens (including phenoxy) is 2. The third-order valence-electron chi connectivity index (χ3n) is 2.70. The first kappa shape index (κ1) is 13.7. The second-order valence-corrected chi connectivity index (χ2v) is 4.45. The molecule has 0 aliphatic rings. The molecule has 0 unspecified atom stereocenters. The first-order chi connectivity index (χ1) is 9.24. The van der Waals surface area contributed by atoms with E-state index in [1.807, 2.05) is 30.3 Å². The average molecular weight is 279 g/mol. The summed E-state index contributed by atoms with van der Waals surface area (Å²) in [6, 6.07) is 13.2. The van der Waals surface area contributed by atoms with Gasteiger partial charge in [0, 0.05) is 0 Å². The number of methoxy groups -OCH3 is 1. The Hall–Kier alpha value is -1.71. The van der Waals surface area contributed by atoms with Gasteiger partial charge in [-0.1, -0.05) is 41.9 Å². The van der Waals surface area contributed by atoms with Crippen molar-refractivity contribution in [3.63, 3.8) is 0 Å². The van der Waals surface area contributed by atoms with E-state index in [-0.39, 0.29) is 6.61 Å². The van der Waals surface area contributed by atoms with Crippen molar-refractivity contribution < 1.29 is 14.6 Å². The van der Waals surface area contributed by atoms with Crippen LogP contribution in [0.4, 0.5) is 0 Å². The Morgan fingerprint density at radius 3 is 2.47 bits per heavy atom. The van der Waals surface area contributed by atoms with Crippen molar-refractivity contribution in [2.45, 2.75) is 13.2 Å². The van der Waals surface area contributed by atoms with Crippen molar-refractivity contribution in [1.29, 1.82) is 0 Å². The van der Waals surface area contributed by atoms with Gasteiger partial charge in [0.05, 0.1) is 18.7 Å². The maximum absolute atomic E-state index is 9.13. The van der Waals surface area contributed by atoms with Crippen LogP contribution in [0.3, 0.4) is 0 Å². The molecule has 1 N–H and O–H groups in total. The van der Waals surface area contributed by atoms with E-state index >= 15 is 0 Å². The minimum absolute atomic E-state index is 0.0882. The van der Waals surface area contributed by atoms with Gasteiger partial charge in [0.25, 0.3) is 0 Å². The molecule has 3 nitrogen and oxygen atoms in total. The van der Waals surface area contributed by atoms with Crippen molar-refractivity contribution in [3.8, 4) is 11.5 Å². The Kier molecular flexibility index (Phi) is 4.66. The summed E-state index contributed by atoms with van der Waals surface area (Å²) in [7, 11) is 1.54. The lowest BCUT2D eigenvalue weighted by Gasteiger charge is -2.13. The Labute approximate surface area is 117 Å². The highest BCUT2D eigenvalue weighted by atomic mass is 35.5. The molecule has 0 heterocycles. The lowest BCUT2D eigenvalue weighted by atomic mass is 10.2. The molecule has 2 aromatic carbocycles. The zero-order valence-electron chi connectivity index (χ0n) is 10.6. The summed E-state index contributed by atoms with van der Waals surface area (Å²) < 4.78 is 10.9. The van der Waals surface area contributed by atoms with Crippen LogP contribution in [0.25, 0.3) is 0 Å². The van der Waals surface area contributed by atoms with E-state index in [1.54, 1.807) is 19.2 Å². The second kappa shape index (κ2) is 6.45. The molecule has 0 aliphatic carbocycles. The van der Waals surface area contributed by atoms with Gasteiger partial charge in [-0.3, -0.25) is 0 Å². The Bertz CT molecular complexity index is 541. The number of halogens is 1. The standard InChI is InChI=1S/C15H15ClO3/c1-18-14-8-12(9-17)7-13(16)15(14)19-10-11-5-3-2-4-6-11/h2-8,17H,9-10H2,1H3. The fourth-order valence-electron chi connectivity index (χ4n) is 1.73. The van der Waals surface area contributed by atoms with Crippen molar-refractivity contribution in [1.82, 2.24) is 0 Å². The molecule has 0 spiro atoms. The average Bonchev–Trinajstić information content (AvgIpc) is 2.46. The summed E-state index contributed by atoms with van der Waals surface area (Å²) in [4.78, 5) is 0. The fraction of sp³-hybridized carbons (Fsp3) is 0.200. The van der Waals surface area contributed by atoms with E-state index in [4.69, 9.17) is 26.2 Å².